The van der Waals surface area contributed by atoms with E-state index in [2.05, 4.69) is 36.2 Å². The predicted octanol–water partition coefficient (Wildman–Crippen LogP) is 5.51. The van der Waals surface area contributed by atoms with E-state index in [9.17, 15) is 4.79 Å². The number of fused-ring (bicyclic) bond motifs is 1. The lowest BCUT2D eigenvalue weighted by atomic mass is 9.92. The third kappa shape index (κ3) is 3.94. The molecule has 1 aliphatic heterocycles. The summed E-state index contributed by atoms with van der Waals surface area (Å²) in [6.07, 6.45) is 2.45. The number of carbonyl (C=O) groups excluding carboxylic acids is 1. The summed E-state index contributed by atoms with van der Waals surface area (Å²) in [5, 5.41) is 0. The number of rotatable bonds is 7. The van der Waals surface area contributed by atoms with E-state index in [-0.39, 0.29) is 5.91 Å². The van der Waals surface area contributed by atoms with Crippen LogP contribution in [0.1, 0.15) is 38.3 Å². The summed E-state index contributed by atoms with van der Waals surface area (Å²) in [6.45, 7) is 2.94. The van der Waals surface area contributed by atoms with Gasteiger partial charge in [0.1, 0.15) is 0 Å². The molecule has 4 nitrogen and oxygen atoms in total. The molecule has 0 spiro atoms. The minimum absolute atomic E-state index is 0.0205. The molecule has 1 amide bonds. The molecule has 1 aromatic heterocycles. The molecule has 0 bridgehead atoms. The Morgan fingerprint density at radius 3 is 2.33 bits per heavy atom. The van der Waals surface area contributed by atoms with Crippen LogP contribution in [-0.2, 0) is 23.4 Å². The standard InChI is InChI=1S/C29H26N2O2/c1-22-14-16-24(17-15-22)29(33-20-18-25-11-7-8-19-30-25)27-13-6-5-12-26(27)28(32)31(29)21-23-9-3-2-4-10-23/h2-17,19H,18,20-21H2,1H3/t29-/m1/s1. The van der Waals surface area contributed by atoms with Gasteiger partial charge in [-0.2, -0.15) is 0 Å². The number of pyridine rings is 1. The number of hydrogen-bond acceptors (Lipinski definition) is 3. The Kier molecular flexibility index (Phi) is 5.76. The van der Waals surface area contributed by atoms with Crippen molar-refractivity contribution in [1.82, 2.24) is 9.88 Å². The maximum Gasteiger partial charge on any atom is 0.257 e. The smallest absolute Gasteiger partial charge is 0.257 e. The second-order valence-electron chi connectivity index (χ2n) is 8.35. The summed E-state index contributed by atoms with van der Waals surface area (Å²) in [5.74, 6) is -0.0205. The summed E-state index contributed by atoms with van der Waals surface area (Å²) >= 11 is 0. The van der Waals surface area contributed by atoms with Gasteiger partial charge in [0, 0.05) is 41.5 Å². The predicted molar refractivity (Wildman–Crippen MR) is 129 cm³/mol. The van der Waals surface area contributed by atoms with E-state index in [1.807, 2.05) is 77.7 Å². The van der Waals surface area contributed by atoms with E-state index in [0.29, 0.717) is 25.1 Å². The van der Waals surface area contributed by atoms with E-state index in [0.717, 1.165) is 27.9 Å². The van der Waals surface area contributed by atoms with Gasteiger partial charge in [-0.05, 0) is 30.7 Å². The second-order valence-corrected chi connectivity index (χ2v) is 8.35. The Hall–Kier alpha value is -3.76. The Balaban J connectivity index is 1.61. The first-order valence-corrected chi connectivity index (χ1v) is 11.2. The number of hydrogen-bond donors (Lipinski definition) is 0. The fraction of sp³-hybridized carbons (Fsp3) is 0.172. The molecule has 0 radical (unpaired) electrons. The first-order valence-electron chi connectivity index (χ1n) is 11.2. The third-order valence-electron chi connectivity index (χ3n) is 6.17. The maximum absolute atomic E-state index is 13.7. The number of benzene rings is 3. The topological polar surface area (TPSA) is 42.4 Å². The lowest BCUT2D eigenvalue weighted by Gasteiger charge is -2.39. The third-order valence-corrected chi connectivity index (χ3v) is 6.17. The van der Waals surface area contributed by atoms with Crippen LogP contribution in [0.3, 0.4) is 0 Å². The fourth-order valence-electron chi connectivity index (χ4n) is 4.53. The monoisotopic (exact) mass is 434 g/mol. The minimum atomic E-state index is -1.01. The lowest BCUT2D eigenvalue weighted by Crippen LogP contribution is -2.46. The fourth-order valence-corrected chi connectivity index (χ4v) is 4.53. The van der Waals surface area contributed by atoms with Crippen molar-refractivity contribution in [2.24, 2.45) is 0 Å². The van der Waals surface area contributed by atoms with Gasteiger partial charge in [0.15, 0.2) is 5.72 Å². The van der Waals surface area contributed by atoms with Gasteiger partial charge in [-0.1, -0.05) is 84.4 Å². The van der Waals surface area contributed by atoms with Gasteiger partial charge in [0.2, 0.25) is 0 Å². The van der Waals surface area contributed by atoms with Crippen LogP contribution in [0.25, 0.3) is 0 Å². The highest BCUT2D eigenvalue weighted by atomic mass is 16.5. The van der Waals surface area contributed by atoms with Crippen LogP contribution < -0.4 is 0 Å². The molecule has 2 heterocycles. The van der Waals surface area contributed by atoms with E-state index in [1.54, 1.807) is 6.20 Å². The summed E-state index contributed by atoms with van der Waals surface area (Å²) in [7, 11) is 0. The average molecular weight is 435 g/mol. The lowest BCUT2D eigenvalue weighted by molar-refractivity contribution is -0.110. The Morgan fingerprint density at radius 2 is 1.58 bits per heavy atom. The molecule has 0 saturated heterocycles. The van der Waals surface area contributed by atoms with Crippen LogP contribution in [0.5, 0.6) is 0 Å². The molecule has 1 atom stereocenters. The van der Waals surface area contributed by atoms with E-state index in [1.165, 1.54) is 0 Å². The molecule has 164 valence electrons. The van der Waals surface area contributed by atoms with Gasteiger partial charge >= 0.3 is 0 Å². The first kappa shape index (κ1) is 21.1. The zero-order valence-corrected chi connectivity index (χ0v) is 18.6. The first-order chi connectivity index (χ1) is 16.2. The molecule has 1 aliphatic rings. The van der Waals surface area contributed by atoms with Crippen molar-refractivity contribution in [1.29, 1.82) is 0 Å². The van der Waals surface area contributed by atoms with E-state index < -0.39 is 5.72 Å². The van der Waals surface area contributed by atoms with E-state index >= 15 is 0 Å². The van der Waals surface area contributed by atoms with Crippen LogP contribution in [0, 0.1) is 6.92 Å². The molecule has 0 N–H and O–H groups in total. The number of aryl methyl sites for hydroxylation is 1. The molecule has 0 fully saturated rings. The van der Waals surface area contributed by atoms with Gasteiger partial charge in [-0.25, -0.2) is 0 Å². The summed E-state index contributed by atoms with van der Waals surface area (Å²) in [5.41, 5.74) is 4.69. The highest BCUT2D eigenvalue weighted by molar-refractivity contribution is 6.00. The number of aromatic nitrogens is 1. The summed E-state index contributed by atoms with van der Waals surface area (Å²) in [6, 6.07) is 32.1. The molecule has 4 heteroatoms. The van der Waals surface area contributed by atoms with Crippen LogP contribution in [0.2, 0.25) is 0 Å². The Morgan fingerprint density at radius 1 is 0.848 bits per heavy atom. The van der Waals surface area contributed by atoms with E-state index in [4.69, 9.17) is 4.74 Å². The van der Waals surface area contributed by atoms with Gasteiger partial charge in [-0.3, -0.25) is 14.7 Å². The molecule has 4 aromatic rings. The summed E-state index contributed by atoms with van der Waals surface area (Å²) < 4.78 is 6.77. The van der Waals surface area contributed by atoms with Crippen molar-refractivity contribution in [3.63, 3.8) is 0 Å². The SMILES string of the molecule is Cc1ccc([C@@]2(OCCc3ccccn3)c3ccccc3C(=O)N2Cc2ccccc2)cc1. The number of ether oxygens (including phenoxy) is 1. The van der Waals surface area contributed by atoms with Gasteiger partial charge in [0.25, 0.3) is 5.91 Å². The van der Waals surface area contributed by atoms with Crippen LogP contribution >= 0.6 is 0 Å². The molecular formula is C29H26N2O2. The average Bonchev–Trinajstić information content (AvgIpc) is 3.09. The molecule has 5 rings (SSSR count). The van der Waals surface area contributed by atoms with Crippen LogP contribution in [-0.4, -0.2) is 22.4 Å². The van der Waals surface area contributed by atoms with Gasteiger partial charge in [0.05, 0.1) is 6.61 Å². The maximum atomic E-state index is 13.7. The number of nitrogens with zero attached hydrogens (tertiary/aromatic N) is 2. The Labute approximate surface area is 194 Å². The van der Waals surface area contributed by atoms with Crippen molar-refractivity contribution in [3.05, 3.63) is 137 Å². The van der Waals surface area contributed by atoms with Crippen LogP contribution in [0.4, 0.5) is 0 Å². The zero-order valence-electron chi connectivity index (χ0n) is 18.6. The molecule has 0 unspecified atom stereocenters. The second kappa shape index (κ2) is 9.00. The van der Waals surface area contributed by atoms with Crippen molar-refractivity contribution < 1.29 is 9.53 Å². The van der Waals surface area contributed by atoms with Gasteiger partial charge < -0.3 is 4.74 Å². The van der Waals surface area contributed by atoms with Crippen molar-refractivity contribution in [2.45, 2.75) is 25.6 Å². The normalized spacial score (nSPS) is 17.2. The van der Waals surface area contributed by atoms with Crippen molar-refractivity contribution >= 4 is 5.91 Å². The molecule has 33 heavy (non-hydrogen) atoms. The molecule has 0 saturated carbocycles. The van der Waals surface area contributed by atoms with Crippen molar-refractivity contribution in [3.8, 4) is 0 Å². The summed E-state index contributed by atoms with van der Waals surface area (Å²) in [4.78, 5) is 20.0. The minimum Gasteiger partial charge on any atom is -0.347 e. The van der Waals surface area contributed by atoms with Gasteiger partial charge in [-0.15, -0.1) is 0 Å². The number of amides is 1. The largest absolute Gasteiger partial charge is 0.347 e. The van der Waals surface area contributed by atoms with Crippen molar-refractivity contribution in [2.75, 3.05) is 6.61 Å². The highest BCUT2D eigenvalue weighted by Gasteiger charge is 2.52. The highest BCUT2D eigenvalue weighted by Crippen LogP contribution is 2.46. The zero-order chi connectivity index (χ0) is 22.7. The molecular weight excluding hydrogens is 408 g/mol. The Bertz CT molecular complexity index is 1240. The number of carbonyl (C=O) groups is 1. The quantitative estimate of drug-likeness (QED) is 0.385. The molecule has 0 aliphatic carbocycles. The van der Waals surface area contributed by atoms with Crippen LogP contribution in [0.15, 0.2) is 103 Å². The molecule has 3 aromatic carbocycles.